The molecule has 8 nitrogen and oxygen atoms in total. The van der Waals surface area contributed by atoms with Crippen molar-refractivity contribution in [3.8, 4) is 6.07 Å². The molecule has 0 atom stereocenters. The summed E-state index contributed by atoms with van der Waals surface area (Å²) in [6.07, 6.45) is 0. The maximum atomic E-state index is 10.7. The van der Waals surface area contributed by atoms with Crippen molar-refractivity contribution < 1.29 is 4.92 Å². The van der Waals surface area contributed by atoms with Crippen molar-refractivity contribution in [2.24, 2.45) is 0 Å². The molecule has 0 saturated heterocycles. The maximum absolute atomic E-state index is 10.7. The lowest BCUT2D eigenvalue weighted by Crippen LogP contribution is -2.15. The largest absolute Gasteiger partial charge is 0.383 e. The van der Waals surface area contributed by atoms with Gasteiger partial charge in [0.2, 0.25) is 0 Å². The fourth-order valence-electron chi connectivity index (χ4n) is 3.32. The lowest BCUT2D eigenvalue weighted by molar-refractivity contribution is -0.384. The Morgan fingerprint density at radius 2 is 1.86 bits per heavy atom. The van der Waals surface area contributed by atoms with Crippen LogP contribution in [0.25, 0.3) is 16.7 Å². The number of nitrogens with zero attached hydrogens (tertiary/aromatic N) is 4. The molecule has 0 radical (unpaired) electrons. The van der Waals surface area contributed by atoms with Crippen LogP contribution in [0.3, 0.4) is 0 Å². The molecule has 2 heterocycles. The zero-order valence-electron chi connectivity index (χ0n) is 15.7. The predicted molar refractivity (Wildman–Crippen MR) is 112 cm³/mol. The number of hydrogen-bond donors (Lipinski definition) is 2. The highest BCUT2D eigenvalue weighted by atomic mass is 16.6. The highest BCUT2D eigenvalue weighted by Crippen LogP contribution is 2.26. The number of anilines is 2. The summed E-state index contributed by atoms with van der Waals surface area (Å²) in [6.45, 7) is 3.13. The fraction of sp³-hybridized carbons (Fsp3) is 0.143. The molecule has 0 aliphatic carbocycles. The van der Waals surface area contributed by atoms with Gasteiger partial charge in [0, 0.05) is 30.9 Å². The number of pyridine rings is 1. The van der Waals surface area contributed by atoms with Crippen LogP contribution in [0.15, 0.2) is 54.6 Å². The Labute approximate surface area is 166 Å². The quantitative estimate of drug-likeness (QED) is 0.293. The number of rotatable bonds is 6. The van der Waals surface area contributed by atoms with E-state index in [1.54, 1.807) is 12.1 Å². The molecule has 0 aliphatic heterocycles. The Bertz CT molecular complexity index is 1250. The van der Waals surface area contributed by atoms with E-state index in [2.05, 4.69) is 21.7 Å². The summed E-state index contributed by atoms with van der Waals surface area (Å²) in [5, 5.41) is 26.9. The third-order valence-electron chi connectivity index (χ3n) is 4.72. The van der Waals surface area contributed by atoms with Gasteiger partial charge in [0.1, 0.15) is 11.9 Å². The number of nitrogens with one attached hydrogen (secondary N) is 2. The number of imidazole rings is 1. The average Bonchev–Trinajstić information content (AvgIpc) is 3.11. The number of benzene rings is 2. The van der Waals surface area contributed by atoms with Crippen LogP contribution < -0.4 is 10.6 Å². The molecule has 2 aromatic heterocycles. The number of fused-ring (bicyclic) bond motifs is 3. The van der Waals surface area contributed by atoms with Gasteiger partial charge in [0.05, 0.1) is 21.5 Å². The van der Waals surface area contributed by atoms with Crippen molar-refractivity contribution in [2.75, 3.05) is 23.7 Å². The molecule has 4 aromatic rings. The Morgan fingerprint density at radius 1 is 1.14 bits per heavy atom. The van der Waals surface area contributed by atoms with Crippen LogP contribution in [0.2, 0.25) is 0 Å². The van der Waals surface area contributed by atoms with Crippen molar-refractivity contribution in [2.45, 2.75) is 6.92 Å². The van der Waals surface area contributed by atoms with Crippen LogP contribution in [-0.4, -0.2) is 27.4 Å². The molecule has 8 heteroatoms. The van der Waals surface area contributed by atoms with Crippen molar-refractivity contribution >= 4 is 33.9 Å². The summed E-state index contributed by atoms with van der Waals surface area (Å²) >= 11 is 0. The van der Waals surface area contributed by atoms with Gasteiger partial charge in [-0.15, -0.1) is 0 Å². The normalized spacial score (nSPS) is 10.8. The molecule has 0 spiro atoms. The monoisotopic (exact) mass is 386 g/mol. The number of nitro groups is 1. The van der Waals surface area contributed by atoms with Crippen LogP contribution in [0, 0.1) is 28.4 Å². The molecule has 0 saturated carbocycles. The zero-order valence-corrected chi connectivity index (χ0v) is 15.7. The predicted octanol–water partition coefficient (Wildman–Crippen LogP) is 4.10. The fourth-order valence-corrected chi connectivity index (χ4v) is 3.32. The lowest BCUT2D eigenvalue weighted by Gasteiger charge is -2.13. The van der Waals surface area contributed by atoms with Gasteiger partial charge in [0.25, 0.3) is 5.69 Å². The third kappa shape index (κ3) is 3.41. The number of hydrogen-bond acceptors (Lipinski definition) is 6. The topological polar surface area (TPSA) is 108 Å². The second kappa shape index (κ2) is 7.48. The van der Waals surface area contributed by atoms with Crippen LogP contribution in [0.5, 0.6) is 0 Å². The Morgan fingerprint density at radius 3 is 2.59 bits per heavy atom. The van der Waals surface area contributed by atoms with Gasteiger partial charge in [-0.2, -0.15) is 5.26 Å². The number of nitriles is 1. The van der Waals surface area contributed by atoms with E-state index in [0.29, 0.717) is 24.3 Å². The Balaban J connectivity index is 1.55. The van der Waals surface area contributed by atoms with Gasteiger partial charge in [-0.1, -0.05) is 12.1 Å². The van der Waals surface area contributed by atoms with E-state index < -0.39 is 4.92 Å². The van der Waals surface area contributed by atoms with Crippen molar-refractivity contribution in [3.63, 3.8) is 0 Å². The van der Waals surface area contributed by atoms with Gasteiger partial charge < -0.3 is 10.6 Å². The lowest BCUT2D eigenvalue weighted by atomic mass is 10.1. The minimum atomic E-state index is -0.417. The second-order valence-electron chi connectivity index (χ2n) is 6.62. The van der Waals surface area contributed by atoms with Crippen LogP contribution in [0.1, 0.15) is 11.1 Å². The highest BCUT2D eigenvalue weighted by Gasteiger charge is 2.14. The van der Waals surface area contributed by atoms with E-state index in [1.165, 1.54) is 12.1 Å². The van der Waals surface area contributed by atoms with E-state index in [4.69, 9.17) is 0 Å². The molecule has 29 heavy (non-hydrogen) atoms. The first-order valence-corrected chi connectivity index (χ1v) is 9.11. The number of nitro benzene ring substituents is 1. The molecule has 0 fully saturated rings. The first-order valence-electron chi connectivity index (χ1n) is 9.11. The molecule has 0 bridgehead atoms. The van der Waals surface area contributed by atoms with E-state index in [0.717, 1.165) is 28.1 Å². The van der Waals surface area contributed by atoms with Gasteiger partial charge in [-0.25, -0.2) is 4.98 Å². The average molecular weight is 386 g/mol. The molecule has 4 rings (SSSR count). The zero-order chi connectivity index (χ0) is 20.4. The molecule has 0 unspecified atom stereocenters. The van der Waals surface area contributed by atoms with Crippen LogP contribution in [0.4, 0.5) is 17.2 Å². The number of aromatic nitrogens is 2. The third-order valence-corrected chi connectivity index (χ3v) is 4.72. The smallest absolute Gasteiger partial charge is 0.269 e. The summed E-state index contributed by atoms with van der Waals surface area (Å²) in [5.74, 6) is 0.857. The minimum Gasteiger partial charge on any atom is -0.383 e. The molecular formula is C21H18N6O2. The van der Waals surface area contributed by atoms with E-state index >= 15 is 0 Å². The molecule has 2 aromatic carbocycles. The minimum absolute atomic E-state index is 0.0658. The number of para-hydroxylation sites is 2. The van der Waals surface area contributed by atoms with Gasteiger partial charge in [-0.3, -0.25) is 14.5 Å². The van der Waals surface area contributed by atoms with E-state index in [1.807, 2.05) is 41.7 Å². The molecule has 2 N–H and O–H groups in total. The van der Waals surface area contributed by atoms with E-state index in [9.17, 15) is 15.4 Å². The summed E-state index contributed by atoms with van der Waals surface area (Å²) in [4.78, 5) is 14.9. The van der Waals surface area contributed by atoms with Crippen molar-refractivity contribution in [1.29, 1.82) is 5.26 Å². The summed E-state index contributed by atoms with van der Waals surface area (Å²) < 4.78 is 1.97. The SMILES string of the molecule is Cc1cc(NCCNc2ccc([N+](=O)[O-])cc2)n2c(nc3ccccc32)c1C#N. The first-order chi connectivity index (χ1) is 14.1. The number of aryl methyl sites for hydroxylation is 1. The highest BCUT2D eigenvalue weighted by molar-refractivity contribution is 5.85. The molecule has 144 valence electrons. The standard InChI is InChI=1S/C21H18N6O2/c1-14-12-20(24-11-10-23-15-6-8-16(9-7-15)27(28)29)26-19-5-3-2-4-18(19)25-21(26)17(14)13-22/h2-9,12,23-24H,10-11H2,1H3. The number of non-ortho nitro benzene ring substituents is 1. The van der Waals surface area contributed by atoms with Crippen LogP contribution >= 0.6 is 0 Å². The van der Waals surface area contributed by atoms with Crippen molar-refractivity contribution in [1.82, 2.24) is 9.38 Å². The van der Waals surface area contributed by atoms with E-state index in [-0.39, 0.29) is 5.69 Å². The first kappa shape index (κ1) is 18.3. The maximum Gasteiger partial charge on any atom is 0.269 e. The van der Waals surface area contributed by atoms with Crippen molar-refractivity contribution in [3.05, 3.63) is 75.8 Å². The molecular weight excluding hydrogens is 368 g/mol. The summed E-state index contributed by atoms with van der Waals surface area (Å²) in [5.41, 5.74) is 4.71. The van der Waals surface area contributed by atoms with Gasteiger partial charge in [-0.05, 0) is 42.8 Å². The Hall–Kier alpha value is -4.12. The Kier molecular flexibility index (Phi) is 4.71. The summed E-state index contributed by atoms with van der Waals surface area (Å²) in [6, 6.07) is 18.3. The summed E-state index contributed by atoms with van der Waals surface area (Å²) in [7, 11) is 0. The van der Waals surface area contributed by atoms with Gasteiger partial charge >= 0.3 is 0 Å². The van der Waals surface area contributed by atoms with Crippen LogP contribution in [-0.2, 0) is 0 Å². The molecule has 0 aliphatic rings. The second-order valence-corrected chi connectivity index (χ2v) is 6.62. The molecule has 0 amide bonds. The van der Waals surface area contributed by atoms with Gasteiger partial charge in [0.15, 0.2) is 5.65 Å².